The number of hydrogen-bond acceptors (Lipinski definition) is 6. The molecule has 8 heteroatoms. The summed E-state index contributed by atoms with van der Waals surface area (Å²) < 4.78 is 37.8. The Labute approximate surface area is 123 Å². The minimum atomic E-state index is -3.56. The molecule has 0 bridgehead atoms. The number of ether oxygens (including phenoxy) is 2. The van der Waals surface area contributed by atoms with Crippen molar-refractivity contribution in [3.05, 3.63) is 11.4 Å². The lowest BCUT2D eigenvalue weighted by Crippen LogP contribution is -2.52. The molecule has 1 unspecified atom stereocenters. The van der Waals surface area contributed by atoms with Crippen molar-refractivity contribution in [3.63, 3.8) is 0 Å². The van der Waals surface area contributed by atoms with Crippen LogP contribution in [0.5, 0.6) is 5.75 Å². The third kappa shape index (κ3) is 3.32. The summed E-state index contributed by atoms with van der Waals surface area (Å²) >= 11 is 1.15. The monoisotopic (exact) mass is 320 g/mol. The van der Waals surface area contributed by atoms with Gasteiger partial charge in [0.1, 0.15) is 5.75 Å². The third-order valence-corrected chi connectivity index (χ3v) is 6.26. The molecule has 1 saturated heterocycles. The van der Waals surface area contributed by atoms with Crippen molar-refractivity contribution >= 4 is 21.4 Å². The Morgan fingerprint density at radius 3 is 2.90 bits per heavy atom. The van der Waals surface area contributed by atoms with Gasteiger partial charge >= 0.3 is 0 Å². The highest BCUT2D eigenvalue weighted by Crippen LogP contribution is 2.29. The summed E-state index contributed by atoms with van der Waals surface area (Å²) in [4.78, 5) is 0. The largest absolute Gasteiger partial charge is 0.494 e. The molecule has 1 fully saturated rings. The van der Waals surface area contributed by atoms with E-state index < -0.39 is 10.0 Å². The van der Waals surface area contributed by atoms with Crippen LogP contribution in [-0.2, 0) is 14.8 Å². The van der Waals surface area contributed by atoms with Gasteiger partial charge in [0, 0.05) is 13.7 Å². The first-order valence-corrected chi connectivity index (χ1v) is 8.74. The standard InChI is InChI=1S/C12H20N2O4S2/c1-17-9-12(5-3-6-13-12)8-14-20(15,16)11-10(18-2)4-7-19-11/h4,7,13-14H,3,5-6,8-9H2,1-2H3. The van der Waals surface area contributed by atoms with E-state index in [1.807, 2.05) is 0 Å². The van der Waals surface area contributed by atoms with Gasteiger partial charge in [-0.1, -0.05) is 0 Å². The van der Waals surface area contributed by atoms with Crippen molar-refractivity contribution in [2.24, 2.45) is 0 Å². The molecule has 0 spiro atoms. The van der Waals surface area contributed by atoms with Crippen LogP contribution in [0.25, 0.3) is 0 Å². The van der Waals surface area contributed by atoms with Gasteiger partial charge in [-0.2, -0.15) is 0 Å². The van der Waals surface area contributed by atoms with Gasteiger partial charge in [0.25, 0.3) is 10.0 Å². The van der Waals surface area contributed by atoms with E-state index in [2.05, 4.69) is 10.0 Å². The maximum absolute atomic E-state index is 12.3. The van der Waals surface area contributed by atoms with Crippen LogP contribution in [0.1, 0.15) is 12.8 Å². The van der Waals surface area contributed by atoms with E-state index in [0.717, 1.165) is 30.7 Å². The van der Waals surface area contributed by atoms with Gasteiger partial charge in [-0.25, -0.2) is 13.1 Å². The number of hydrogen-bond donors (Lipinski definition) is 2. The lowest BCUT2D eigenvalue weighted by molar-refractivity contribution is 0.122. The molecule has 0 amide bonds. The molecule has 1 aromatic rings. The van der Waals surface area contributed by atoms with Crippen molar-refractivity contribution in [3.8, 4) is 5.75 Å². The number of methoxy groups -OCH3 is 2. The van der Waals surface area contributed by atoms with Crippen LogP contribution in [0.4, 0.5) is 0 Å². The van der Waals surface area contributed by atoms with Gasteiger partial charge in [-0.3, -0.25) is 0 Å². The van der Waals surface area contributed by atoms with Crippen molar-refractivity contribution in [2.45, 2.75) is 22.6 Å². The molecule has 0 radical (unpaired) electrons. The topological polar surface area (TPSA) is 76.7 Å². The molecule has 0 aliphatic carbocycles. The molecule has 6 nitrogen and oxygen atoms in total. The average molecular weight is 320 g/mol. The van der Waals surface area contributed by atoms with E-state index >= 15 is 0 Å². The molecule has 0 aromatic carbocycles. The van der Waals surface area contributed by atoms with Gasteiger partial charge < -0.3 is 14.8 Å². The second kappa shape index (κ2) is 6.40. The van der Waals surface area contributed by atoms with E-state index in [-0.39, 0.29) is 9.75 Å². The van der Waals surface area contributed by atoms with Gasteiger partial charge in [0.15, 0.2) is 4.21 Å². The van der Waals surface area contributed by atoms with Crippen LogP contribution in [0.15, 0.2) is 15.7 Å². The molecule has 0 saturated carbocycles. The zero-order valence-corrected chi connectivity index (χ0v) is 13.3. The Morgan fingerprint density at radius 1 is 1.50 bits per heavy atom. The first-order chi connectivity index (χ1) is 9.53. The van der Waals surface area contributed by atoms with Gasteiger partial charge in [-0.05, 0) is 30.8 Å². The lowest BCUT2D eigenvalue weighted by atomic mass is 9.99. The van der Waals surface area contributed by atoms with Gasteiger partial charge in [-0.15, -0.1) is 11.3 Å². The van der Waals surface area contributed by atoms with Crippen molar-refractivity contribution in [2.75, 3.05) is 33.9 Å². The second-order valence-corrected chi connectivity index (χ2v) is 7.72. The molecule has 1 aromatic heterocycles. The highest BCUT2D eigenvalue weighted by molar-refractivity contribution is 7.91. The van der Waals surface area contributed by atoms with Crippen LogP contribution >= 0.6 is 11.3 Å². The maximum Gasteiger partial charge on any atom is 0.253 e. The molecule has 20 heavy (non-hydrogen) atoms. The van der Waals surface area contributed by atoms with E-state index in [0.29, 0.717) is 18.9 Å². The number of nitrogens with one attached hydrogen (secondary N) is 2. The normalized spacial score (nSPS) is 23.1. The molecule has 2 heterocycles. The Hall–Kier alpha value is -0.670. The van der Waals surface area contributed by atoms with Crippen LogP contribution in [0.3, 0.4) is 0 Å². The van der Waals surface area contributed by atoms with E-state index in [1.165, 1.54) is 7.11 Å². The number of thiophene rings is 1. The molecule has 114 valence electrons. The van der Waals surface area contributed by atoms with Crippen LogP contribution in [-0.4, -0.2) is 47.9 Å². The Morgan fingerprint density at radius 2 is 2.30 bits per heavy atom. The Kier molecular flexibility index (Phi) is 5.03. The summed E-state index contributed by atoms with van der Waals surface area (Å²) in [6, 6.07) is 1.65. The zero-order chi connectivity index (χ0) is 14.6. The predicted molar refractivity (Wildman–Crippen MR) is 77.9 cm³/mol. The second-order valence-electron chi connectivity index (χ2n) is 4.84. The fourth-order valence-electron chi connectivity index (χ4n) is 2.40. The quantitative estimate of drug-likeness (QED) is 0.777. The van der Waals surface area contributed by atoms with Gasteiger partial charge in [0.2, 0.25) is 0 Å². The lowest BCUT2D eigenvalue weighted by Gasteiger charge is -2.28. The fraction of sp³-hybridized carbons (Fsp3) is 0.667. The molecule has 2 rings (SSSR count). The molecule has 1 aliphatic rings. The summed E-state index contributed by atoms with van der Waals surface area (Å²) in [5.41, 5.74) is -0.313. The summed E-state index contributed by atoms with van der Waals surface area (Å²) in [7, 11) is -0.468. The molecule has 2 N–H and O–H groups in total. The summed E-state index contributed by atoms with van der Waals surface area (Å²) in [6.07, 6.45) is 1.92. The van der Waals surface area contributed by atoms with Crippen LogP contribution < -0.4 is 14.8 Å². The molecule has 1 aliphatic heterocycles. The summed E-state index contributed by atoms with van der Waals surface area (Å²) in [5, 5.41) is 5.04. The van der Waals surface area contributed by atoms with Crippen LogP contribution in [0.2, 0.25) is 0 Å². The molecular formula is C12H20N2O4S2. The molecular weight excluding hydrogens is 300 g/mol. The zero-order valence-electron chi connectivity index (χ0n) is 11.6. The van der Waals surface area contributed by atoms with Crippen molar-refractivity contribution < 1.29 is 17.9 Å². The minimum Gasteiger partial charge on any atom is -0.494 e. The van der Waals surface area contributed by atoms with Crippen LogP contribution in [0, 0.1) is 0 Å². The number of rotatable bonds is 7. The SMILES string of the molecule is COCC1(CNS(=O)(=O)c2sccc2OC)CCCN1. The Bertz CT molecular complexity index is 535. The fourth-order valence-corrected chi connectivity index (χ4v) is 4.85. The van der Waals surface area contributed by atoms with Crippen molar-refractivity contribution in [1.82, 2.24) is 10.0 Å². The van der Waals surface area contributed by atoms with E-state index in [1.54, 1.807) is 18.6 Å². The highest BCUT2D eigenvalue weighted by atomic mass is 32.2. The summed E-state index contributed by atoms with van der Waals surface area (Å²) in [6.45, 7) is 1.68. The summed E-state index contributed by atoms with van der Waals surface area (Å²) in [5.74, 6) is 0.377. The first-order valence-electron chi connectivity index (χ1n) is 6.38. The highest BCUT2D eigenvalue weighted by Gasteiger charge is 2.35. The van der Waals surface area contributed by atoms with E-state index in [9.17, 15) is 8.42 Å². The average Bonchev–Trinajstić information content (AvgIpc) is 3.06. The predicted octanol–water partition coefficient (Wildman–Crippen LogP) is 0.804. The number of sulfonamides is 1. The smallest absolute Gasteiger partial charge is 0.253 e. The Balaban J connectivity index is 2.09. The first kappa shape index (κ1) is 15.7. The van der Waals surface area contributed by atoms with Gasteiger partial charge in [0.05, 0.1) is 19.3 Å². The molecule has 1 atom stereocenters. The minimum absolute atomic E-state index is 0.213. The van der Waals surface area contributed by atoms with E-state index in [4.69, 9.17) is 9.47 Å². The maximum atomic E-state index is 12.3. The van der Waals surface area contributed by atoms with Crippen molar-refractivity contribution in [1.29, 1.82) is 0 Å². The third-order valence-electron chi connectivity index (χ3n) is 3.41.